The molecule has 1 aliphatic rings. The molecule has 0 radical (unpaired) electrons. The van der Waals surface area contributed by atoms with E-state index in [9.17, 15) is 4.79 Å². The summed E-state index contributed by atoms with van der Waals surface area (Å²) in [6.07, 6.45) is 6.05. The second-order valence-electron chi connectivity index (χ2n) is 7.15. The predicted octanol–water partition coefficient (Wildman–Crippen LogP) is 4.37. The molecule has 4 rings (SSSR count). The minimum absolute atomic E-state index is 0.142. The van der Waals surface area contributed by atoms with E-state index in [1.165, 1.54) is 11.4 Å². The molecule has 134 valence electrons. The Morgan fingerprint density at radius 2 is 1.46 bits per heavy atom. The normalized spacial score (nSPS) is 15.4. The van der Waals surface area contributed by atoms with Gasteiger partial charge in [0, 0.05) is 54.2 Å². The van der Waals surface area contributed by atoms with Gasteiger partial charge in [-0.1, -0.05) is 0 Å². The van der Waals surface area contributed by atoms with E-state index in [0.29, 0.717) is 6.04 Å². The first-order chi connectivity index (χ1) is 12.6. The highest BCUT2D eigenvalue weighted by Crippen LogP contribution is 2.27. The van der Waals surface area contributed by atoms with E-state index in [1.807, 2.05) is 58.3 Å². The van der Waals surface area contributed by atoms with E-state index in [2.05, 4.69) is 30.5 Å². The van der Waals surface area contributed by atoms with Crippen LogP contribution in [0.1, 0.15) is 40.6 Å². The first kappa shape index (κ1) is 16.7. The standard InChI is InChI=1S/C22H25N3O/c1-17-5-6-18(2)25(17)21-11-15-24(16-12-21)22(26)19-7-9-20(10-8-19)23-13-3-4-14-23/h3-10,13-14,21H,11-12,15-16H2,1-2H3. The number of hydrogen-bond acceptors (Lipinski definition) is 1. The SMILES string of the molecule is Cc1ccc(C)n1C1CCN(C(=O)c2ccc(-n3cccc3)cc2)CC1. The van der Waals surface area contributed by atoms with Crippen molar-refractivity contribution < 1.29 is 4.79 Å². The molecular formula is C22H25N3O. The highest BCUT2D eigenvalue weighted by Gasteiger charge is 2.25. The van der Waals surface area contributed by atoms with Gasteiger partial charge in [-0.25, -0.2) is 0 Å². The van der Waals surface area contributed by atoms with Gasteiger partial charge in [0.15, 0.2) is 0 Å². The van der Waals surface area contributed by atoms with Crippen LogP contribution in [0.5, 0.6) is 0 Å². The average Bonchev–Trinajstić information content (AvgIpc) is 3.32. The quantitative estimate of drug-likeness (QED) is 0.692. The van der Waals surface area contributed by atoms with Gasteiger partial charge in [-0.05, 0) is 75.2 Å². The van der Waals surface area contributed by atoms with Crippen LogP contribution in [0.3, 0.4) is 0 Å². The number of piperidine rings is 1. The van der Waals surface area contributed by atoms with E-state index in [-0.39, 0.29) is 5.91 Å². The summed E-state index contributed by atoms with van der Waals surface area (Å²) in [5.41, 5.74) is 4.47. The third kappa shape index (κ3) is 3.07. The van der Waals surface area contributed by atoms with Crippen LogP contribution in [0.4, 0.5) is 0 Å². The zero-order valence-electron chi connectivity index (χ0n) is 15.4. The Kier molecular flexibility index (Phi) is 4.41. The summed E-state index contributed by atoms with van der Waals surface area (Å²) in [4.78, 5) is 14.8. The molecule has 3 heterocycles. The average molecular weight is 347 g/mol. The summed E-state index contributed by atoms with van der Waals surface area (Å²) in [5.74, 6) is 0.142. The molecular weight excluding hydrogens is 322 g/mol. The minimum Gasteiger partial charge on any atom is -0.346 e. The maximum absolute atomic E-state index is 12.8. The monoisotopic (exact) mass is 347 g/mol. The Hall–Kier alpha value is -2.75. The van der Waals surface area contributed by atoms with Crippen LogP contribution in [0.2, 0.25) is 0 Å². The lowest BCUT2D eigenvalue weighted by Gasteiger charge is -2.34. The van der Waals surface area contributed by atoms with E-state index in [1.54, 1.807) is 0 Å². The Morgan fingerprint density at radius 3 is 2.04 bits per heavy atom. The van der Waals surface area contributed by atoms with Gasteiger partial charge in [-0.2, -0.15) is 0 Å². The fourth-order valence-electron chi connectivity index (χ4n) is 4.05. The Morgan fingerprint density at radius 1 is 0.885 bits per heavy atom. The highest BCUT2D eigenvalue weighted by molar-refractivity contribution is 5.94. The topological polar surface area (TPSA) is 30.2 Å². The highest BCUT2D eigenvalue weighted by atomic mass is 16.2. The number of aromatic nitrogens is 2. The van der Waals surface area contributed by atoms with Gasteiger partial charge in [-0.15, -0.1) is 0 Å². The smallest absolute Gasteiger partial charge is 0.253 e. The molecule has 4 nitrogen and oxygen atoms in total. The molecule has 0 bridgehead atoms. The zero-order valence-corrected chi connectivity index (χ0v) is 15.4. The van der Waals surface area contributed by atoms with Gasteiger partial charge < -0.3 is 14.0 Å². The molecule has 2 aromatic heterocycles. The molecule has 0 spiro atoms. The van der Waals surface area contributed by atoms with Crippen molar-refractivity contribution in [2.45, 2.75) is 32.7 Å². The number of carbonyl (C=O) groups excluding carboxylic acids is 1. The van der Waals surface area contributed by atoms with Gasteiger partial charge in [0.05, 0.1) is 0 Å². The van der Waals surface area contributed by atoms with E-state index >= 15 is 0 Å². The summed E-state index contributed by atoms with van der Waals surface area (Å²) in [5, 5.41) is 0. The van der Waals surface area contributed by atoms with E-state index in [0.717, 1.165) is 37.2 Å². The van der Waals surface area contributed by atoms with Crippen LogP contribution in [0.15, 0.2) is 60.9 Å². The van der Waals surface area contributed by atoms with Gasteiger partial charge in [0.2, 0.25) is 0 Å². The van der Waals surface area contributed by atoms with Crippen molar-refractivity contribution in [3.63, 3.8) is 0 Å². The van der Waals surface area contributed by atoms with Gasteiger partial charge in [0.25, 0.3) is 5.91 Å². The third-order valence-corrected chi connectivity index (χ3v) is 5.46. The first-order valence-electron chi connectivity index (χ1n) is 9.30. The number of rotatable bonds is 3. The van der Waals surface area contributed by atoms with Crippen molar-refractivity contribution in [1.82, 2.24) is 14.0 Å². The van der Waals surface area contributed by atoms with Crippen LogP contribution in [-0.2, 0) is 0 Å². The largest absolute Gasteiger partial charge is 0.346 e. The molecule has 3 aromatic rings. The fourth-order valence-corrected chi connectivity index (χ4v) is 4.05. The van der Waals surface area contributed by atoms with Crippen LogP contribution < -0.4 is 0 Å². The van der Waals surface area contributed by atoms with Crippen LogP contribution in [0.25, 0.3) is 5.69 Å². The van der Waals surface area contributed by atoms with Crippen LogP contribution in [0, 0.1) is 13.8 Å². The van der Waals surface area contributed by atoms with Gasteiger partial charge in [0.1, 0.15) is 0 Å². The number of carbonyl (C=O) groups is 1. The molecule has 1 fully saturated rings. The molecule has 1 amide bonds. The molecule has 0 aliphatic carbocycles. The summed E-state index contributed by atoms with van der Waals surface area (Å²) in [7, 11) is 0. The van der Waals surface area contributed by atoms with Gasteiger partial charge >= 0.3 is 0 Å². The number of aryl methyl sites for hydroxylation is 2. The van der Waals surface area contributed by atoms with Crippen molar-refractivity contribution in [3.05, 3.63) is 77.9 Å². The van der Waals surface area contributed by atoms with Crippen molar-refractivity contribution in [2.24, 2.45) is 0 Å². The lowest BCUT2D eigenvalue weighted by Crippen LogP contribution is -2.39. The maximum Gasteiger partial charge on any atom is 0.253 e. The van der Waals surface area contributed by atoms with Crippen molar-refractivity contribution in [1.29, 1.82) is 0 Å². The van der Waals surface area contributed by atoms with Crippen molar-refractivity contribution in [2.75, 3.05) is 13.1 Å². The van der Waals surface area contributed by atoms with Crippen LogP contribution >= 0.6 is 0 Å². The van der Waals surface area contributed by atoms with Crippen LogP contribution in [-0.4, -0.2) is 33.0 Å². The number of benzene rings is 1. The molecule has 0 atom stereocenters. The number of likely N-dealkylation sites (tertiary alicyclic amines) is 1. The first-order valence-corrected chi connectivity index (χ1v) is 9.30. The molecule has 0 unspecified atom stereocenters. The Balaban J connectivity index is 1.42. The lowest BCUT2D eigenvalue weighted by molar-refractivity contribution is 0.0693. The number of amides is 1. The molecule has 1 aromatic carbocycles. The summed E-state index contributed by atoms with van der Waals surface area (Å²) in [6.45, 7) is 5.97. The number of nitrogens with zero attached hydrogens (tertiary/aromatic N) is 3. The lowest BCUT2D eigenvalue weighted by atomic mass is 10.0. The van der Waals surface area contributed by atoms with Gasteiger partial charge in [-0.3, -0.25) is 4.79 Å². The van der Waals surface area contributed by atoms with E-state index < -0.39 is 0 Å². The molecule has 1 aliphatic heterocycles. The molecule has 0 saturated carbocycles. The summed E-state index contributed by atoms with van der Waals surface area (Å²) in [6, 6.07) is 16.7. The molecule has 0 N–H and O–H groups in total. The zero-order chi connectivity index (χ0) is 18.1. The van der Waals surface area contributed by atoms with Crippen molar-refractivity contribution >= 4 is 5.91 Å². The van der Waals surface area contributed by atoms with Crippen molar-refractivity contribution in [3.8, 4) is 5.69 Å². The molecule has 1 saturated heterocycles. The van der Waals surface area contributed by atoms with E-state index in [4.69, 9.17) is 0 Å². The Labute approximate surface area is 154 Å². The number of hydrogen-bond donors (Lipinski definition) is 0. The Bertz CT molecular complexity index is 863. The molecule has 4 heteroatoms. The maximum atomic E-state index is 12.8. The fraction of sp³-hybridized carbons (Fsp3) is 0.318. The third-order valence-electron chi connectivity index (χ3n) is 5.46. The molecule has 26 heavy (non-hydrogen) atoms. The second kappa shape index (κ2) is 6.87. The summed E-state index contributed by atoms with van der Waals surface area (Å²) >= 11 is 0. The summed E-state index contributed by atoms with van der Waals surface area (Å²) < 4.78 is 4.47. The minimum atomic E-state index is 0.142. The predicted molar refractivity (Wildman–Crippen MR) is 104 cm³/mol. The second-order valence-corrected chi connectivity index (χ2v) is 7.15.